The van der Waals surface area contributed by atoms with Gasteiger partial charge in [0, 0.05) is 10.0 Å². The van der Waals surface area contributed by atoms with Gasteiger partial charge in [0.25, 0.3) is 0 Å². The monoisotopic (exact) mass is 281 g/mol. The van der Waals surface area contributed by atoms with Gasteiger partial charge in [-0.05, 0) is 26.0 Å². The lowest BCUT2D eigenvalue weighted by Gasteiger charge is -2.02. The molecule has 1 heterocycles. The first-order valence-electron chi connectivity index (χ1n) is 5.00. The van der Waals surface area contributed by atoms with E-state index in [1.54, 1.807) is 0 Å². The summed E-state index contributed by atoms with van der Waals surface area (Å²) in [4.78, 5) is 4.25. The fourth-order valence-corrected chi connectivity index (χ4v) is 1.51. The fraction of sp³-hybridized carbons (Fsp3) is 0.273. The molecule has 0 aliphatic rings. The SMILES string of the molecule is CC(C)Oc1n[nH]c(-c2ccc(Br)cc2)n1. The highest BCUT2D eigenvalue weighted by molar-refractivity contribution is 9.10. The molecule has 1 N–H and O–H groups in total. The van der Waals surface area contributed by atoms with Gasteiger partial charge in [-0.2, -0.15) is 4.98 Å². The van der Waals surface area contributed by atoms with E-state index in [2.05, 4.69) is 31.1 Å². The van der Waals surface area contributed by atoms with Crippen molar-refractivity contribution in [3.63, 3.8) is 0 Å². The zero-order valence-corrected chi connectivity index (χ0v) is 10.7. The normalized spacial score (nSPS) is 10.8. The Labute approximate surface area is 102 Å². The number of halogens is 1. The predicted molar refractivity (Wildman–Crippen MR) is 65.3 cm³/mol. The first-order valence-corrected chi connectivity index (χ1v) is 5.79. The van der Waals surface area contributed by atoms with Crippen molar-refractivity contribution in [1.29, 1.82) is 0 Å². The summed E-state index contributed by atoms with van der Waals surface area (Å²) in [5.41, 5.74) is 0.981. The molecule has 2 aromatic rings. The van der Waals surface area contributed by atoms with Gasteiger partial charge >= 0.3 is 6.01 Å². The molecule has 0 fully saturated rings. The van der Waals surface area contributed by atoms with Crippen molar-refractivity contribution in [3.8, 4) is 17.4 Å². The van der Waals surface area contributed by atoms with Gasteiger partial charge in [0.1, 0.15) is 0 Å². The molecule has 0 amide bonds. The Morgan fingerprint density at radius 3 is 2.56 bits per heavy atom. The molecule has 2 rings (SSSR count). The van der Waals surface area contributed by atoms with Crippen LogP contribution in [0.4, 0.5) is 0 Å². The minimum absolute atomic E-state index is 0.0774. The number of rotatable bonds is 3. The van der Waals surface area contributed by atoms with Crippen LogP contribution in [0.2, 0.25) is 0 Å². The molecule has 4 nitrogen and oxygen atoms in total. The first-order chi connectivity index (χ1) is 7.65. The molecule has 0 aliphatic heterocycles. The lowest BCUT2D eigenvalue weighted by atomic mass is 10.2. The third kappa shape index (κ3) is 2.61. The van der Waals surface area contributed by atoms with Crippen molar-refractivity contribution < 1.29 is 4.74 Å². The summed E-state index contributed by atoms with van der Waals surface area (Å²) in [6, 6.07) is 8.22. The van der Waals surface area contributed by atoms with E-state index in [-0.39, 0.29) is 6.10 Å². The number of H-pyrrole nitrogens is 1. The van der Waals surface area contributed by atoms with Gasteiger partial charge in [0.05, 0.1) is 6.10 Å². The predicted octanol–water partition coefficient (Wildman–Crippen LogP) is 3.02. The largest absolute Gasteiger partial charge is 0.460 e. The molecule has 0 saturated carbocycles. The second-order valence-corrected chi connectivity index (χ2v) is 4.56. The fourth-order valence-electron chi connectivity index (χ4n) is 1.25. The van der Waals surface area contributed by atoms with Gasteiger partial charge in [0.2, 0.25) is 0 Å². The Kier molecular flexibility index (Phi) is 3.24. The zero-order chi connectivity index (χ0) is 11.5. The number of nitrogens with zero attached hydrogens (tertiary/aromatic N) is 2. The van der Waals surface area contributed by atoms with Gasteiger partial charge in [-0.25, -0.2) is 0 Å². The molecule has 1 aromatic heterocycles. The molecule has 5 heteroatoms. The summed E-state index contributed by atoms with van der Waals surface area (Å²) in [6.45, 7) is 3.88. The second kappa shape index (κ2) is 4.65. The van der Waals surface area contributed by atoms with Crippen molar-refractivity contribution in [2.75, 3.05) is 0 Å². The highest BCUT2D eigenvalue weighted by atomic mass is 79.9. The number of hydrogen-bond donors (Lipinski definition) is 1. The highest BCUT2D eigenvalue weighted by Crippen LogP contribution is 2.19. The van der Waals surface area contributed by atoms with Crippen molar-refractivity contribution in [2.45, 2.75) is 20.0 Å². The van der Waals surface area contributed by atoms with Gasteiger partial charge in [0.15, 0.2) is 5.82 Å². The summed E-state index contributed by atoms with van der Waals surface area (Å²) < 4.78 is 6.41. The third-order valence-corrected chi connectivity index (χ3v) is 2.45. The van der Waals surface area contributed by atoms with E-state index in [1.165, 1.54) is 0 Å². The summed E-state index contributed by atoms with van der Waals surface area (Å²) >= 11 is 3.39. The average molecular weight is 282 g/mol. The molecule has 1 aromatic carbocycles. The molecule has 16 heavy (non-hydrogen) atoms. The van der Waals surface area contributed by atoms with Crippen molar-refractivity contribution in [1.82, 2.24) is 15.2 Å². The molecule has 0 spiro atoms. The number of hydrogen-bond acceptors (Lipinski definition) is 3. The molecule has 0 atom stereocenters. The lowest BCUT2D eigenvalue weighted by Crippen LogP contribution is -2.06. The smallest absolute Gasteiger partial charge is 0.336 e. The maximum atomic E-state index is 5.38. The van der Waals surface area contributed by atoms with Crippen LogP contribution in [0.5, 0.6) is 6.01 Å². The van der Waals surface area contributed by atoms with E-state index < -0.39 is 0 Å². The molecule has 0 unspecified atom stereocenters. The topological polar surface area (TPSA) is 50.8 Å². The van der Waals surface area contributed by atoms with Crippen molar-refractivity contribution in [2.24, 2.45) is 0 Å². The number of nitrogens with one attached hydrogen (secondary N) is 1. The van der Waals surface area contributed by atoms with Gasteiger partial charge in [-0.15, -0.1) is 5.10 Å². The van der Waals surface area contributed by atoms with E-state index in [4.69, 9.17) is 4.74 Å². The second-order valence-electron chi connectivity index (χ2n) is 3.64. The van der Waals surface area contributed by atoms with Crippen molar-refractivity contribution >= 4 is 15.9 Å². The van der Waals surface area contributed by atoms with E-state index in [1.807, 2.05) is 38.1 Å². The Hall–Kier alpha value is -1.36. The molecule has 0 bridgehead atoms. The Balaban J connectivity index is 2.21. The van der Waals surface area contributed by atoms with Crippen LogP contribution >= 0.6 is 15.9 Å². The molecule has 84 valence electrons. The third-order valence-electron chi connectivity index (χ3n) is 1.92. The summed E-state index contributed by atoms with van der Waals surface area (Å²) in [5.74, 6) is 0.711. The van der Waals surface area contributed by atoms with Crippen LogP contribution in [0, 0.1) is 0 Å². The van der Waals surface area contributed by atoms with Crippen LogP contribution < -0.4 is 4.74 Å². The number of benzene rings is 1. The van der Waals surface area contributed by atoms with Crippen LogP contribution in [0.3, 0.4) is 0 Å². The molecule has 0 aliphatic carbocycles. The number of ether oxygens (including phenoxy) is 1. The minimum atomic E-state index is 0.0774. The molecule has 0 radical (unpaired) electrons. The van der Waals surface area contributed by atoms with Crippen LogP contribution in [0.25, 0.3) is 11.4 Å². The van der Waals surface area contributed by atoms with Gasteiger partial charge in [-0.3, -0.25) is 5.10 Å². The summed E-state index contributed by atoms with van der Waals surface area (Å²) in [5, 5.41) is 6.83. The Morgan fingerprint density at radius 1 is 1.25 bits per heavy atom. The molecular formula is C11H12BrN3O. The maximum Gasteiger partial charge on any atom is 0.336 e. The minimum Gasteiger partial charge on any atom is -0.460 e. The zero-order valence-electron chi connectivity index (χ0n) is 9.07. The van der Waals surface area contributed by atoms with Gasteiger partial charge in [-0.1, -0.05) is 28.1 Å². The van der Waals surface area contributed by atoms with Crippen LogP contribution in [-0.2, 0) is 0 Å². The van der Waals surface area contributed by atoms with E-state index in [0.717, 1.165) is 10.0 Å². The highest BCUT2D eigenvalue weighted by Gasteiger charge is 2.07. The molecule has 0 saturated heterocycles. The first kappa shape index (κ1) is 11.1. The Morgan fingerprint density at radius 2 is 1.94 bits per heavy atom. The number of aromatic amines is 1. The van der Waals surface area contributed by atoms with E-state index >= 15 is 0 Å². The van der Waals surface area contributed by atoms with Crippen LogP contribution in [-0.4, -0.2) is 21.3 Å². The van der Waals surface area contributed by atoms with Crippen molar-refractivity contribution in [3.05, 3.63) is 28.7 Å². The number of aromatic nitrogens is 3. The summed E-state index contributed by atoms with van der Waals surface area (Å²) in [7, 11) is 0. The Bertz CT molecular complexity index is 464. The summed E-state index contributed by atoms with van der Waals surface area (Å²) in [6.07, 6.45) is 0.0774. The van der Waals surface area contributed by atoms with E-state index in [0.29, 0.717) is 11.8 Å². The van der Waals surface area contributed by atoms with Crippen LogP contribution in [0.15, 0.2) is 28.7 Å². The lowest BCUT2D eigenvalue weighted by molar-refractivity contribution is 0.223. The maximum absolute atomic E-state index is 5.38. The van der Waals surface area contributed by atoms with Crippen LogP contribution in [0.1, 0.15) is 13.8 Å². The van der Waals surface area contributed by atoms with Gasteiger partial charge < -0.3 is 4.74 Å². The van der Waals surface area contributed by atoms with E-state index in [9.17, 15) is 0 Å². The molecular weight excluding hydrogens is 270 g/mol. The standard InChI is InChI=1S/C11H12BrN3O/c1-7(2)16-11-13-10(14-15-11)8-3-5-9(12)6-4-8/h3-7H,1-2H3,(H,13,14,15). The quantitative estimate of drug-likeness (QED) is 0.941. The average Bonchev–Trinajstić information content (AvgIpc) is 2.66.